The third-order valence-corrected chi connectivity index (χ3v) is 3.94. The molecule has 2 aliphatic rings. The number of likely N-dealkylation sites (tertiary alicyclic amines) is 1. The van der Waals surface area contributed by atoms with Gasteiger partial charge in [0.05, 0.1) is 0 Å². The number of hydrogen-bond acceptors (Lipinski definition) is 3. The standard InChI is InChI=1S/C12H20N2O2/c1-9(2)14-5-3-12(4-6-14)7-10(15)13-11(16)8-12/h9H,3-8H2,1-2H3,(H,13,15,16). The van der Waals surface area contributed by atoms with Gasteiger partial charge in [-0.2, -0.15) is 0 Å². The average Bonchev–Trinajstić information content (AvgIpc) is 2.16. The smallest absolute Gasteiger partial charge is 0.227 e. The van der Waals surface area contributed by atoms with Crippen LogP contribution in [-0.2, 0) is 9.59 Å². The SMILES string of the molecule is CC(C)N1CCC2(CC1)CC(=O)NC(=O)C2. The predicted molar refractivity (Wildman–Crippen MR) is 60.8 cm³/mol. The Hall–Kier alpha value is -0.900. The van der Waals surface area contributed by atoms with Gasteiger partial charge in [0, 0.05) is 18.9 Å². The molecule has 2 heterocycles. The molecule has 0 bridgehead atoms. The summed E-state index contributed by atoms with van der Waals surface area (Å²) in [6.45, 7) is 6.41. The van der Waals surface area contributed by atoms with Crippen LogP contribution < -0.4 is 5.32 Å². The van der Waals surface area contributed by atoms with Crippen molar-refractivity contribution < 1.29 is 9.59 Å². The maximum absolute atomic E-state index is 11.4. The molecule has 4 nitrogen and oxygen atoms in total. The zero-order valence-corrected chi connectivity index (χ0v) is 10.1. The van der Waals surface area contributed by atoms with Crippen LogP contribution in [-0.4, -0.2) is 35.8 Å². The molecule has 0 atom stereocenters. The average molecular weight is 224 g/mol. The van der Waals surface area contributed by atoms with Gasteiger partial charge in [-0.05, 0) is 45.2 Å². The Morgan fingerprint density at radius 2 is 1.62 bits per heavy atom. The van der Waals surface area contributed by atoms with Crippen molar-refractivity contribution in [2.45, 2.75) is 45.6 Å². The van der Waals surface area contributed by atoms with Crippen molar-refractivity contribution in [3.8, 4) is 0 Å². The Morgan fingerprint density at radius 3 is 2.06 bits per heavy atom. The van der Waals surface area contributed by atoms with E-state index in [1.165, 1.54) is 0 Å². The Morgan fingerprint density at radius 1 is 1.12 bits per heavy atom. The molecule has 2 amide bonds. The van der Waals surface area contributed by atoms with E-state index in [2.05, 4.69) is 24.1 Å². The van der Waals surface area contributed by atoms with Crippen LogP contribution >= 0.6 is 0 Å². The highest BCUT2D eigenvalue weighted by atomic mass is 16.2. The summed E-state index contributed by atoms with van der Waals surface area (Å²) in [7, 11) is 0. The predicted octanol–water partition coefficient (Wildman–Crippen LogP) is 0.914. The van der Waals surface area contributed by atoms with Crippen LogP contribution in [0.4, 0.5) is 0 Å². The Labute approximate surface area is 96.4 Å². The number of hydrogen-bond donors (Lipinski definition) is 1. The lowest BCUT2D eigenvalue weighted by atomic mass is 9.71. The lowest BCUT2D eigenvalue weighted by Gasteiger charge is -2.44. The van der Waals surface area contributed by atoms with E-state index in [9.17, 15) is 9.59 Å². The molecule has 0 aromatic carbocycles. The summed E-state index contributed by atoms with van der Waals surface area (Å²) in [5.74, 6) is -0.177. The van der Waals surface area contributed by atoms with Gasteiger partial charge in [-0.1, -0.05) is 0 Å². The van der Waals surface area contributed by atoms with Crippen molar-refractivity contribution in [2.75, 3.05) is 13.1 Å². The van der Waals surface area contributed by atoms with Gasteiger partial charge in [0.1, 0.15) is 0 Å². The molecule has 2 aliphatic heterocycles. The Balaban J connectivity index is 2.00. The summed E-state index contributed by atoms with van der Waals surface area (Å²) in [6, 6.07) is 0.561. The molecule has 1 N–H and O–H groups in total. The van der Waals surface area contributed by atoms with Crippen molar-refractivity contribution in [3.63, 3.8) is 0 Å². The number of imide groups is 1. The Bertz CT molecular complexity index is 286. The van der Waals surface area contributed by atoms with Gasteiger partial charge < -0.3 is 4.90 Å². The molecular weight excluding hydrogens is 204 g/mol. The van der Waals surface area contributed by atoms with Gasteiger partial charge in [-0.15, -0.1) is 0 Å². The van der Waals surface area contributed by atoms with E-state index >= 15 is 0 Å². The summed E-state index contributed by atoms with van der Waals surface area (Å²) in [5.41, 5.74) is -0.0369. The number of piperidine rings is 2. The number of carbonyl (C=O) groups is 2. The molecule has 0 aliphatic carbocycles. The van der Waals surface area contributed by atoms with Crippen molar-refractivity contribution in [1.29, 1.82) is 0 Å². The number of rotatable bonds is 1. The molecule has 0 radical (unpaired) electrons. The largest absolute Gasteiger partial charge is 0.301 e. The maximum atomic E-state index is 11.4. The number of nitrogens with one attached hydrogen (secondary N) is 1. The highest BCUT2D eigenvalue weighted by Gasteiger charge is 2.41. The molecule has 16 heavy (non-hydrogen) atoms. The fourth-order valence-corrected chi connectivity index (χ4v) is 2.86. The van der Waals surface area contributed by atoms with Crippen LogP contribution in [0.5, 0.6) is 0 Å². The summed E-state index contributed by atoms with van der Waals surface area (Å²) in [5, 5.41) is 2.39. The molecule has 0 aromatic heterocycles. The van der Waals surface area contributed by atoms with Gasteiger partial charge in [-0.3, -0.25) is 14.9 Å². The van der Waals surface area contributed by atoms with E-state index in [1.54, 1.807) is 0 Å². The highest BCUT2D eigenvalue weighted by molar-refractivity contribution is 5.98. The van der Waals surface area contributed by atoms with Crippen LogP contribution in [0.1, 0.15) is 39.5 Å². The zero-order valence-electron chi connectivity index (χ0n) is 10.1. The monoisotopic (exact) mass is 224 g/mol. The first-order chi connectivity index (χ1) is 7.51. The minimum absolute atomic E-state index is 0.0369. The number of amides is 2. The first kappa shape index (κ1) is 11.6. The molecule has 1 spiro atoms. The van der Waals surface area contributed by atoms with Gasteiger partial charge >= 0.3 is 0 Å². The molecule has 0 saturated carbocycles. The van der Waals surface area contributed by atoms with Crippen LogP contribution in [0.2, 0.25) is 0 Å². The lowest BCUT2D eigenvalue weighted by molar-refractivity contribution is -0.139. The molecule has 0 aromatic rings. The Kier molecular flexibility index (Phi) is 3.02. The summed E-state index contributed by atoms with van der Waals surface area (Å²) in [4.78, 5) is 25.3. The summed E-state index contributed by atoms with van der Waals surface area (Å²) in [6.07, 6.45) is 3.02. The van der Waals surface area contributed by atoms with E-state index in [4.69, 9.17) is 0 Å². The zero-order chi connectivity index (χ0) is 11.8. The second-order valence-corrected chi connectivity index (χ2v) is 5.45. The van der Waals surface area contributed by atoms with Gasteiger partial charge in [0.25, 0.3) is 0 Å². The second kappa shape index (κ2) is 4.17. The molecular formula is C12H20N2O2. The van der Waals surface area contributed by atoms with Crippen LogP contribution in [0.3, 0.4) is 0 Å². The van der Waals surface area contributed by atoms with Crippen LogP contribution in [0.25, 0.3) is 0 Å². The van der Waals surface area contributed by atoms with Crippen molar-refractivity contribution in [3.05, 3.63) is 0 Å². The van der Waals surface area contributed by atoms with E-state index in [-0.39, 0.29) is 17.2 Å². The van der Waals surface area contributed by atoms with Crippen molar-refractivity contribution >= 4 is 11.8 Å². The first-order valence-corrected chi connectivity index (χ1v) is 6.07. The van der Waals surface area contributed by atoms with E-state index < -0.39 is 0 Å². The van der Waals surface area contributed by atoms with Gasteiger partial charge in [0.15, 0.2) is 0 Å². The maximum Gasteiger partial charge on any atom is 0.227 e. The van der Waals surface area contributed by atoms with Gasteiger partial charge in [0.2, 0.25) is 11.8 Å². The highest BCUT2D eigenvalue weighted by Crippen LogP contribution is 2.40. The second-order valence-electron chi connectivity index (χ2n) is 5.45. The molecule has 90 valence electrons. The normalized spacial score (nSPS) is 26.2. The van der Waals surface area contributed by atoms with Crippen molar-refractivity contribution in [1.82, 2.24) is 10.2 Å². The number of nitrogens with zero attached hydrogens (tertiary/aromatic N) is 1. The summed E-state index contributed by atoms with van der Waals surface area (Å²) < 4.78 is 0. The third-order valence-electron chi connectivity index (χ3n) is 3.94. The van der Waals surface area contributed by atoms with E-state index in [1.807, 2.05) is 0 Å². The lowest BCUT2D eigenvalue weighted by Crippen LogP contribution is -2.50. The third kappa shape index (κ3) is 2.26. The molecule has 2 saturated heterocycles. The molecule has 2 fully saturated rings. The van der Waals surface area contributed by atoms with Crippen LogP contribution in [0.15, 0.2) is 0 Å². The van der Waals surface area contributed by atoms with E-state index in [0.29, 0.717) is 18.9 Å². The molecule has 2 rings (SSSR count). The van der Waals surface area contributed by atoms with E-state index in [0.717, 1.165) is 25.9 Å². The fourth-order valence-electron chi connectivity index (χ4n) is 2.86. The topological polar surface area (TPSA) is 49.4 Å². The fraction of sp³-hybridized carbons (Fsp3) is 0.833. The van der Waals surface area contributed by atoms with Crippen molar-refractivity contribution in [2.24, 2.45) is 5.41 Å². The minimum Gasteiger partial charge on any atom is -0.301 e. The first-order valence-electron chi connectivity index (χ1n) is 6.07. The molecule has 0 unspecified atom stereocenters. The van der Waals surface area contributed by atoms with Crippen LogP contribution in [0, 0.1) is 5.41 Å². The minimum atomic E-state index is -0.0887. The quantitative estimate of drug-likeness (QED) is 0.674. The van der Waals surface area contributed by atoms with Gasteiger partial charge in [-0.25, -0.2) is 0 Å². The summed E-state index contributed by atoms with van der Waals surface area (Å²) >= 11 is 0. The molecule has 4 heteroatoms. The number of carbonyl (C=O) groups excluding carboxylic acids is 2.